The first-order valence-electron chi connectivity index (χ1n) is 10.7. The normalized spacial score (nSPS) is 15.6. The lowest BCUT2D eigenvalue weighted by Gasteiger charge is -2.25. The minimum absolute atomic E-state index is 0.198. The van der Waals surface area contributed by atoms with Crippen molar-refractivity contribution in [1.82, 2.24) is 9.55 Å². The van der Waals surface area contributed by atoms with Crippen LogP contribution in [0.1, 0.15) is 24.2 Å². The minimum atomic E-state index is -0.628. The number of carbonyl (C=O) groups is 1. The highest BCUT2D eigenvalue weighted by Crippen LogP contribution is 2.31. The van der Waals surface area contributed by atoms with E-state index in [0.29, 0.717) is 32.0 Å². The van der Waals surface area contributed by atoms with Gasteiger partial charge in [-0.25, -0.2) is 4.99 Å². The van der Waals surface area contributed by atoms with Crippen LogP contribution in [0.2, 0.25) is 0 Å². The quantitative estimate of drug-likeness (QED) is 0.470. The summed E-state index contributed by atoms with van der Waals surface area (Å²) in [5.74, 6) is 0.394. The molecular formula is C26H22N4O3S. The molecule has 2 aromatic heterocycles. The topological polar surface area (TPSA) is 88.5 Å². The lowest BCUT2D eigenvalue weighted by Crippen LogP contribution is -2.40. The van der Waals surface area contributed by atoms with E-state index in [-0.39, 0.29) is 11.5 Å². The summed E-state index contributed by atoms with van der Waals surface area (Å²) in [7, 11) is 1.60. The van der Waals surface area contributed by atoms with Gasteiger partial charge >= 0.3 is 0 Å². The van der Waals surface area contributed by atoms with Crippen LogP contribution in [-0.2, 0) is 4.79 Å². The van der Waals surface area contributed by atoms with Crippen LogP contribution in [0.3, 0.4) is 0 Å². The number of benzene rings is 2. The maximum Gasteiger partial charge on any atom is 0.271 e. The Labute approximate surface area is 199 Å². The molecule has 4 aromatic rings. The third-order valence-corrected chi connectivity index (χ3v) is 6.62. The third kappa shape index (κ3) is 3.99. The predicted octanol–water partition coefficient (Wildman–Crippen LogP) is 3.21. The molecule has 170 valence electrons. The number of anilines is 1. The van der Waals surface area contributed by atoms with Crippen molar-refractivity contribution < 1.29 is 9.53 Å². The zero-order valence-electron chi connectivity index (χ0n) is 18.6. The molecule has 0 saturated heterocycles. The Morgan fingerprint density at radius 3 is 2.56 bits per heavy atom. The van der Waals surface area contributed by atoms with Gasteiger partial charge in [0.15, 0.2) is 4.80 Å². The SMILES string of the molecule is COc1ccc(C2C(C(=O)Nc3ccccc3)=C(C)N=c3sc(=Cc4ccc[nH]4)c(=O)n32)cc1. The second kappa shape index (κ2) is 8.99. The number of nitrogens with one attached hydrogen (secondary N) is 2. The van der Waals surface area contributed by atoms with E-state index in [1.54, 1.807) is 30.9 Å². The molecule has 0 spiro atoms. The fraction of sp³-hybridized carbons (Fsp3) is 0.115. The molecule has 34 heavy (non-hydrogen) atoms. The fourth-order valence-electron chi connectivity index (χ4n) is 4.01. The molecule has 2 aromatic carbocycles. The molecule has 0 radical (unpaired) electrons. The summed E-state index contributed by atoms with van der Waals surface area (Å²) in [5, 5.41) is 2.95. The van der Waals surface area contributed by atoms with Crippen LogP contribution >= 0.6 is 11.3 Å². The number of hydrogen-bond acceptors (Lipinski definition) is 5. The van der Waals surface area contributed by atoms with Crippen molar-refractivity contribution in [2.24, 2.45) is 4.99 Å². The molecule has 0 bridgehead atoms. The first-order chi connectivity index (χ1) is 16.5. The number of aromatic nitrogens is 2. The van der Waals surface area contributed by atoms with Crippen molar-refractivity contribution in [2.75, 3.05) is 12.4 Å². The Morgan fingerprint density at radius 1 is 1.12 bits per heavy atom. The van der Waals surface area contributed by atoms with Crippen LogP contribution in [0.15, 0.2) is 94.0 Å². The third-order valence-electron chi connectivity index (χ3n) is 5.64. The van der Waals surface area contributed by atoms with E-state index in [1.807, 2.05) is 66.7 Å². The number of aromatic amines is 1. The molecule has 0 aliphatic carbocycles. The van der Waals surface area contributed by atoms with Gasteiger partial charge in [0.2, 0.25) is 0 Å². The number of rotatable bonds is 5. The number of nitrogens with zero attached hydrogens (tertiary/aromatic N) is 2. The van der Waals surface area contributed by atoms with Crippen molar-refractivity contribution in [2.45, 2.75) is 13.0 Å². The Bertz CT molecular complexity index is 1550. The minimum Gasteiger partial charge on any atom is -0.497 e. The van der Waals surface area contributed by atoms with Crippen LogP contribution < -0.4 is 24.9 Å². The van der Waals surface area contributed by atoms with Crippen molar-refractivity contribution in [1.29, 1.82) is 0 Å². The molecule has 1 atom stereocenters. The highest BCUT2D eigenvalue weighted by atomic mass is 32.1. The molecule has 1 aliphatic rings. The van der Waals surface area contributed by atoms with Gasteiger partial charge in [-0.05, 0) is 55.0 Å². The smallest absolute Gasteiger partial charge is 0.271 e. The van der Waals surface area contributed by atoms with E-state index in [9.17, 15) is 9.59 Å². The summed E-state index contributed by atoms with van der Waals surface area (Å²) in [6.07, 6.45) is 3.61. The summed E-state index contributed by atoms with van der Waals surface area (Å²) < 4.78 is 7.45. The summed E-state index contributed by atoms with van der Waals surface area (Å²) in [4.78, 5) is 35.4. The van der Waals surface area contributed by atoms with Crippen LogP contribution in [0, 0.1) is 0 Å². The molecule has 2 N–H and O–H groups in total. The average molecular weight is 471 g/mol. The van der Waals surface area contributed by atoms with E-state index < -0.39 is 6.04 Å². The second-order valence-corrected chi connectivity index (χ2v) is 8.81. The molecule has 1 aliphatic heterocycles. The molecule has 0 saturated carbocycles. The van der Waals surface area contributed by atoms with Crippen molar-refractivity contribution in [3.8, 4) is 5.75 Å². The fourth-order valence-corrected chi connectivity index (χ4v) is 5.05. The van der Waals surface area contributed by atoms with Gasteiger partial charge in [-0.15, -0.1) is 0 Å². The van der Waals surface area contributed by atoms with Crippen LogP contribution in [-0.4, -0.2) is 22.6 Å². The van der Waals surface area contributed by atoms with Gasteiger partial charge in [-0.1, -0.05) is 41.7 Å². The number of carbonyl (C=O) groups excluding carboxylic acids is 1. The van der Waals surface area contributed by atoms with Gasteiger partial charge < -0.3 is 15.0 Å². The highest BCUT2D eigenvalue weighted by Gasteiger charge is 2.32. The maximum atomic E-state index is 13.6. The molecule has 0 fully saturated rings. The standard InChI is InChI=1S/C26H22N4O3S/c1-16-22(24(31)29-18-7-4-3-5-8-18)23(17-10-12-20(33-2)13-11-17)30-25(32)21(34-26(30)28-16)15-19-9-6-14-27-19/h3-15,23,27H,1-2H3,(H,29,31). The van der Waals surface area contributed by atoms with Crippen molar-refractivity contribution >= 4 is 29.0 Å². The van der Waals surface area contributed by atoms with E-state index in [2.05, 4.69) is 15.3 Å². The zero-order chi connectivity index (χ0) is 23.7. The van der Waals surface area contributed by atoms with Gasteiger partial charge in [0.1, 0.15) is 5.75 Å². The molecule has 1 amide bonds. The number of hydrogen-bond donors (Lipinski definition) is 2. The first kappa shape index (κ1) is 21.7. The number of methoxy groups -OCH3 is 1. The van der Waals surface area contributed by atoms with E-state index in [1.165, 1.54) is 11.3 Å². The molecule has 1 unspecified atom stereocenters. The number of amides is 1. The Morgan fingerprint density at radius 2 is 1.88 bits per heavy atom. The average Bonchev–Trinajstić information content (AvgIpc) is 3.47. The molecule has 3 heterocycles. The van der Waals surface area contributed by atoms with Gasteiger partial charge in [-0.3, -0.25) is 14.2 Å². The lowest BCUT2D eigenvalue weighted by molar-refractivity contribution is -0.113. The van der Waals surface area contributed by atoms with E-state index in [0.717, 1.165) is 11.3 Å². The summed E-state index contributed by atoms with van der Waals surface area (Å²) >= 11 is 1.31. The van der Waals surface area contributed by atoms with E-state index >= 15 is 0 Å². The number of ether oxygens (including phenoxy) is 1. The zero-order valence-corrected chi connectivity index (χ0v) is 19.4. The van der Waals surface area contributed by atoms with Gasteiger partial charge in [-0.2, -0.15) is 0 Å². The predicted molar refractivity (Wildman–Crippen MR) is 133 cm³/mol. The highest BCUT2D eigenvalue weighted by molar-refractivity contribution is 7.07. The Kier molecular flexibility index (Phi) is 5.73. The van der Waals surface area contributed by atoms with Crippen LogP contribution in [0.25, 0.3) is 6.08 Å². The lowest BCUT2D eigenvalue weighted by atomic mass is 9.95. The van der Waals surface area contributed by atoms with Gasteiger partial charge in [0.05, 0.1) is 29.0 Å². The number of H-pyrrole nitrogens is 1. The summed E-state index contributed by atoms with van der Waals surface area (Å²) in [6.45, 7) is 1.80. The first-order valence-corrected chi connectivity index (χ1v) is 11.5. The maximum absolute atomic E-state index is 13.6. The number of allylic oxidation sites excluding steroid dienone is 1. The monoisotopic (exact) mass is 470 g/mol. The van der Waals surface area contributed by atoms with Crippen molar-refractivity contribution in [3.63, 3.8) is 0 Å². The van der Waals surface area contributed by atoms with Crippen molar-refractivity contribution in [3.05, 3.63) is 115 Å². The second-order valence-electron chi connectivity index (χ2n) is 7.80. The molecular weight excluding hydrogens is 448 g/mol. The Hall–Kier alpha value is -4.17. The number of thiazole rings is 1. The number of para-hydroxylation sites is 1. The summed E-state index contributed by atoms with van der Waals surface area (Å²) in [6, 6.07) is 19.8. The molecule has 5 rings (SSSR count). The summed E-state index contributed by atoms with van der Waals surface area (Å²) in [5.41, 5.74) is 3.09. The van der Waals surface area contributed by atoms with Gasteiger partial charge in [0, 0.05) is 17.6 Å². The van der Waals surface area contributed by atoms with Gasteiger partial charge in [0.25, 0.3) is 11.5 Å². The molecule has 8 heteroatoms. The van der Waals surface area contributed by atoms with Crippen LogP contribution in [0.4, 0.5) is 5.69 Å². The van der Waals surface area contributed by atoms with Crippen LogP contribution in [0.5, 0.6) is 5.75 Å². The Balaban J connectivity index is 1.68. The largest absolute Gasteiger partial charge is 0.497 e. The number of fused-ring (bicyclic) bond motifs is 1. The van der Waals surface area contributed by atoms with E-state index in [4.69, 9.17) is 4.74 Å². The molecule has 7 nitrogen and oxygen atoms in total.